The van der Waals surface area contributed by atoms with Crippen molar-refractivity contribution in [2.75, 3.05) is 6.54 Å². The highest BCUT2D eigenvalue weighted by atomic mass is 16.3. The molecular weight excluding hydrogens is 214 g/mol. The molecule has 3 nitrogen and oxygen atoms in total. The van der Waals surface area contributed by atoms with E-state index in [9.17, 15) is 10.2 Å². The molecule has 0 aliphatic rings. The highest BCUT2D eigenvalue weighted by molar-refractivity contribution is 5.40. The first-order chi connectivity index (χ1) is 8.04. The molecule has 1 atom stereocenters. The van der Waals surface area contributed by atoms with Gasteiger partial charge in [-0.25, -0.2) is 0 Å². The van der Waals surface area contributed by atoms with Crippen LogP contribution in [0.2, 0.25) is 0 Å². The standard InChI is InChI=1S/C14H23NO2/c1-4-13(16)5-6-15-9-12-7-10(2)11(3)8-14(12)17/h7-8,13,15-17H,4-6,9H2,1-3H3. The van der Waals surface area contributed by atoms with Crippen LogP contribution in [0, 0.1) is 13.8 Å². The molecule has 0 aliphatic carbocycles. The summed E-state index contributed by atoms with van der Waals surface area (Å²) in [5.41, 5.74) is 3.21. The summed E-state index contributed by atoms with van der Waals surface area (Å²) in [5.74, 6) is 0.344. The van der Waals surface area contributed by atoms with Crippen molar-refractivity contribution < 1.29 is 10.2 Å². The second-order valence-corrected chi connectivity index (χ2v) is 4.59. The normalized spacial score (nSPS) is 12.7. The van der Waals surface area contributed by atoms with Gasteiger partial charge in [-0.1, -0.05) is 13.0 Å². The topological polar surface area (TPSA) is 52.5 Å². The van der Waals surface area contributed by atoms with E-state index in [1.807, 2.05) is 26.8 Å². The van der Waals surface area contributed by atoms with Gasteiger partial charge in [-0.3, -0.25) is 0 Å². The van der Waals surface area contributed by atoms with Crippen molar-refractivity contribution >= 4 is 0 Å². The predicted octanol–water partition coefficient (Wildman–Crippen LogP) is 2.26. The number of benzene rings is 1. The summed E-state index contributed by atoms with van der Waals surface area (Å²) in [6.45, 7) is 7.41. The Morgan fingerprint density at radius 1 is 1.24 bits per heavy atom. The number of aryl methyl sites for hydroxylation is 2. The molecule has 0 aliphatic heterocycles. The number of rotatable bonds is 6. The average Bonchev–Trinajstić information content (AvgIpc) is 2.30. The number of phenolic OH excluding ortho intramolecular Hbond substituents is 1. The average molecular weight is 237 g/mol. The Hall–Kier alpha value is -1.06. The quantitative estimate of drug-likeness (QED) is 0.665. The number of hydrogen-bond acceptors (Lipinski definition) is 3. The van der Waals surface area contributed by atoms with E-state index >= 15 is 0 Å². The number of phenols is 1. The molecule has 1 aromatic rings. The van der Waals surface area contributed by atoms with Crippen molar-refractivity contribution in [3.05, 3.63) is 28.8 Å². The first-order valence-corrected chi connectivity index (χ1v) is 6.22. The molecule has 0 bridgehead atoms. The number of aliphatic hydroxyl groups is 1. The molecular formula is C14H23NO2. The monoisotopic (exact) mass is 237 g/mol. The Morgan fingerprint density at radius 3 is 2.53 bits per heavy atom. The summed E-state index contributed by atoms with van der Waals surface area (Å²) in [7, 11) is 0. The molecule has 3 heteroatoms. The lowest BCUT2D eigenvalue weighted by molar-refractivity contribution is 0.159. The summed E-state index contributed by atoms with van der Waals surface area (Å²) >= 11 is 0. The van der Waals surface area contributed by atoms with Crippen molar-refractivity contribution in [3.8, 4) is 5.75 Å². The van der Waals surface area contributed by atoms with Crippen LogP contribution in [0.5, 0.6) is 5.75 Å². The van der Waals surface area contributed by atoms with Gasteiger partial charge in [-0.2, -0.15) is 0 Å². The van der Waals surface area contributed by atoms with Crippen molar-refractivity contribution in [2.24, 2.45) is 0 Å². The Labute approximate surface area is 103 Å². The number of aromatic hydroxyl groups is 1. The van der Waals surface area contributed by atoms with E-state index in [4.69, 9.17) is 0 Å². The zero-order valence-electron chi connectivity index (χ0n) is 11.0. The molecule has 17 heavy (non-hydrogen) atoms. The smallest absolute Gasteiger partial charge is 0.120 e. The number of nitrogens with one attached hydrogen (secondary N) is 1. The zero-order chi connectivity index (χ0) is 12.8. The second kappa shape index (κ2) is 6.62. The second-order valence-electron chi connectivity index (χ2n) is 4.59. The van der Waals surface area contributed by atoms with E-state index in [0.717, 1.165) is 30.5 Å². The van der Waals surface area contributed by atoms with Gasteiger partial charge in [-0.05, 0) is 50.4 Å². The van der Waals surface area contributed by atoms with E-state index < -0.39 is 0 Å². The molecule has 0 fully saturated rings. The molecule has 0 heterocycles. The van der Waals surface area contributed by atoms with E-state index in [2.05, 4.69) is 5.32 Å². The van der Waals surface area contributed by atoms with Crippen LogP contribution in [0.25, 0.3) is 0 Å². The highest BCUT2D eigenvalue weighted by Crippen LogP contribution is 2.21. The van der Waals surface area contributed by atoms with Crippen LogP contribution in [0.1, 0.15) is 36.5 Å². The van der Waals surface area contributed by atoms with Crippen molar-refractivity contribution in [3.63, 3.8) is 0 Å². The maximum atomic E-state index is 9.78. The first kappa shape index (κ1) is 14.0. The predicted molar refractivity (Wildman–Crippen MR) is 70.2 cm³/mol. The Kier molecular flexibility index (Phi) is 5.45. The minimum Gasteiger partial charge on any atom is -0.508 e. The van der Waals surface area contributed by atoms with Crippen LogP contribution in [-0.2, 0) is 6.54 Å². The van der Waals surface area contributed by atoms with Gasteiger partial charge in [0, 0.05) is 12.1 Å². The lowest BCUT2D eigenvalue weighted by Gasteiger charge is -2.11. The minimum atomic E-state index is -0.226. The van der Waals surface area contributed by atoms with Crippen molar-refractivity contribution in [1.82, 2.24) is 5.32 Å². The van der Waals surface area contributed by atoms with Crippen LogP contribution < -0.4 is 5.32 Å². The molecule has 1 aromatic carbocycles. The van der Waals surface area contributed by atoms with Gasteiger partial charge >= 0.3 is 0 Å². The van der Waals surface area contributed by atoms with Gasteiger partial charge in [-0.15, -0.1) is 0 Å². The zero-order valence-corrected chi connectivity index (χ0v) is 11.0. The maximum absolute atomic E-state index is 9.78. The van der Waals surface area contributed by atoms with Crippen molar-refractivity contribution in [2.45, 2.75) is 46.3 Å². The fraction of sp³-hybridized carbons (Fsp3) is 0.571. The fourth-order valence-electron chi connectivity index (χ4n) is 1.70. The maximum Gasteiger partial charge on any atom is 0.120 e. The van der Waals surface area contributed by atoms with Crippen LogP contribution in [0.15, 0.2) is 12.1 Å². The van der Waals surface area contributed by atoms with Crippen LogP contribution in [0.3, 0.4) is 0 Å². The Bertz CT molecular complexity index is 363. The van der Waals surface area contributed by atoms with E-state index in [0.29, 0.717) is 12.3 Å². The lowest BCUT2D eigenvalue weighted by Crippen LogP contribution is -2.19. The highest BCUT2D eigenvalue weighted by Gasteiger charge is 2.04. The third-order valence-electron chi connectivity index (χ3n) is 3.14. The van der Waals surface area contributed by atoms with Crippen molar-refractivity contribution in [1.29, 1.82) is 0 Å². The van der Waals surface area contributed by atoms with E-state index in [-0.39, 0.29) is 6.10 Å². The van der Waals surface area contributed by atoms with Crippen LogP contribution >= 0.6 is 0 Å². The van der Waals surface area contributed by atoms with Crippen LogP contribution in [-0.4, -0.2) is 22.9 Å². The van der Waals surface area contributed by atoms with Gasteiger partial charge in [0.1, 0.15) is 5.75 Å². The first-order valence-electron chi connectivity index (χ1n) is 6.22. The van der Waals surface area contributed by atoms with E-state index in [1.165, 1.54) is 5.56 Å². The summed E-state index contributed by atoms with van der Waals surface area (Å²) in [6.07, 6.45) is 1.31. The van der Waals surface area contributed by atoms with Gasteiger partial charge in [0.25, 0.3) is 0 Å². The molecule has 96 valence electrons. The summed E-state index contributed by atoms with van der Waals surface area (Å²) in [6, 6.07) is 3.81. The molecule has 1 rings (SSSR count). The van der Waals surface area contributed by atoms with Gasteiger partial charge in [0.2, 0.25) is 0 Å². The third kappa shape index (κ3) is 4.36. The lowest BCUT2D eigenvalue weighted by atomic mass is 10.1. The summed E-state index contributed by atoms with van der Waals surface area (Å²) < 4.78 is 0. The summed E-state index contributed by atoms with van der Waals surface area (Å²) in [4.78, 5) is 0. The SMILES string of the molecule is CCC(O)CCNCc1cc(C)c(C)cc1O. The fourth-order valence-corrected chi connectivity index (χ4v) is 1.70. The Balaban J connectivity index is 2.44. The Morgan fingerprint density at radius 2 is 1.88 bits per heavy atom. The molecule has 0 radical (unpaired) electrons. The van der Waals surface area contributed by atoms with Gasteiger partial charge in [0.15, 0.2) is 0 Å². The largest absolute Gasteiger partial charge is 0.508 e. The molecule has 0 spiro atoms. The van der Waals surface area contributed by atoms with Crippen LogP contribution in [0.4, 0.5) is 0 Å². The third-order valence-corrected chi connectivity index (χ3v) is 3.14. The molecule has 0 amide bonds. The van der Waals surface area contributed by atoms with E-state index in [1.54, 1.807) is 6.07 Å². The molecule has 0 saturated carbocycles. The molecule has 1 unspecified atom stereocenters. The molecule has 3 N–H and O–H groups in total. The summed E-state index contributed by atoms with van der Waals surface area (Å²) in [5, 5.41) is 22.4. The van der Waals surface area contributed by atoms with Gasteiger partial charge < -0.3 is 15.5 Å². The molecule has 0 aromatic heterocycles. The molecule has 0 saturated heterocycles. The minimum absolute atomic E-state index is 0.226. The number of hydrogen-bond donors (Lipinski definition) is 3. The number of aliphatic hydroxyl groups excluding tert-OH is 1. The van der Waals surface area contributed by atoms with Gasteiger partial charge in [0.05, 0.1) is 6.10 Å².